The molecule has 1 aliphatic carbocycles. The van der Waals surface area contributed by atoms with Gasteiger partial charge in [0.15, 0.2) is 0 Å². The van der Waals surface area contributed by atoms with Crippen LogP contribution in [0.5, 0.6) is 0 Å². The molecular weight excluding hydrogens is 220 g/mol. The molecule has 0 aromatic rings. The molecule has 1 saturated carbocycles. The van der Waals surface area contributed by atoms with Gasteiger partial charge in [-0.3, -0.25) is 0 Å². The van der Waals surface area contributed by atoms with Crippen molar-refractivity contribution in [2.75, 3.05) is 6.61 Å². The first-order valence-electron chi connectivity index (χ1n) is 6.14. The number of hydrogen-bond acceptors (Lipinski definition) is 4. The van der Waals surface area contributed by atoms with Crippen LogP contribution in [-0.2, 0) is 4.74 Å². The summed E-state index contributed by atoms with van der Waals surface area (Å²) in [6, 6.07) is 0. The predicted octanol–water partition coefficient (Wildman–Crippen LogP) is 0.604. The van der Waals surface area contributed by atoms with Gasteiger partial charge in [0.05, 0.1) is 18.8 Å². The molecule has 3 N–H and O–H groups in total. The first kappa shape index (κ1) is 13.0. The van der Waals surface area contributed by atoms with Crippen LogP contribution in [0.3, 0.4) is 0 Å². The van der Waals surface area contributed by atoms with Crippen LogP contribution in [0.1, 0.15) is 33.6 Å². The average Bonchev–Trinajstić information content (AvgIpc) is 2.33. The van der Waals surface area contributed by atoms with Gasteiger partial charge in [-0.15, -0.1) is 0 Å². The summed E-state index contributed by atoms with van der Waals surface area (Å²) in [5, 5.41) is 30.1. The molecular formula is C13H22O4. The van der Waals surface area contributed by atoms with Gasteiger partial charge in [0.1, 0.15) is 11.2 Å². The van der Waals surface area contributed by atoms with Crippen LogP contribution in [0.4, 0.5) is 0 Å². The molecule has 0 amide bonds. The van der Waals surface area contributed by atoms with Crippen molar-refractivity contribution in [1.82, 2.24) is 0 Å². The Morgan fingerprint density at radius 2 is 2.00 bits per heavy atom. The Bertz CT molecular complexity index is 318. The van der Waals surface area contributed by atoms with Crippen LogP contribution in [-0.4, -0.2) is 45.3 Å². The average molecular weight is 242 g/mol. The highest BCUT2D eigenvalue weighted by molar-refractivity contribution is 5.26. The molecule has 0 aromatic carbocycles. The van der Waals surface area contributed by atoms with E-state index in [9.17, 15) is 15.3 Å². The minimum Gasteiger partial charge on any atom is -0.393 e. The lowest BCUT2D eigenvalue weighted by molar-refractivity contribution is -0.150. The summed E-state index contributed by atoms with van der Waals surface area (Å²) < 4.78 is 5.74. The van der Waals surface area contributed by atoms with E-state index in [2.05, 4.69) is 0 Å². The van der Waals surface area contributed by atoms with E-state index < -0.39 is 28.8 Å². The number of aliphatic hydroxyl groups excluding tert-OH is 2. The molecule has 2 rings (SSSR count). The molecule has 1 aliphatic heterocycles. The highest BCUT2D eigenvalue weighted by Crippen LogP contribution is 2.57. The first-order valence-corrected chi connectivity index (χ1v) is 6.14. The van der Waals surface area contributed by atoms with Crippen molar-refractivity contribution in [3.8, 4) is 0 Å². The highest BCUT2D eigenvalue weighted by atomic mass is 16.5. The van der Waals surface area contributed by atoms with Gasteiger partial charge in [0.25, 0.3) is 0 Å². The Kier molecular flexibility index (Phi) is 2.90. The SMILES string of the molecule is C[C@H](O)/C=C/[C@@]1(O)[C@@]2(C)CO[C@@]1(C)C[C@H](O)C2. The van der Waals surface area contributed by atoms with Gasteiger partial charge in [0.2, 0.25) is 0 Å². The fourth-order valence-electron chi connectivity index (χ4n) is 3.30. The second-order valence-corrected chi connectivity index (χ2v) is 6.01. The maximum Gasteiger partial charge on any atom is 0.119 e. The molecule has 4 nitrogen and oxygen atoms in total. The van der Waals surface area contributed by atoms with E-state index in [0.29, 0.717) is 19.4 Å². The van der Waals surface area contributed by atoms with Gasteiger partial charge in [-0.25, -0.2) is 0 Å². The van der Waals surface area contributed by atoms with Gasteiger partial charge in [0, 0.05) is 11.8 Å². The lowest BCUT2D eigenvalue weighted by atomic mass is 9.59. The van der Waals surface area contributed by atoms with Crippen LogP contribution in [0, 0.1) is 5.41 Å². The molecule has 5 atom stereocenters. The van der Waals surface area contributed by atoms with Crippen molar-refractivity contribution in [1.29, 1.82) is 0 Å². The van der Waals surface area contributed by atoms with Crippen molar-refractivity contribution in [3.63, 3.8) is 0 Å². The van der Waals surface area contributed by atoms with Crippen LogP contribution in [0.15, 0.2) is 12.2 Å². The molecule has 1 heterocycles. The normalized spacial score (nSPS) is 52.0. The summed E-state index contributed by atoms with van der Waals surface area (Å²) >= 11 is 0. The Balaban J connectivity index is 2.39. The van der Waals surface area contributed by atoms with Gasteiger partial charge < -0.3 is 20.1 Å². The highest BCUT2D eigenvalue weighted by Gasteiger charge is 2.67. The van der Waals surface area contributed by atoms with Gasteiger partial charge >= 0.3 is 0 Å². The summed E-state index contributed by atoms with van der Waals surface area (Å²) in [5.74, 6) is 0. The Morgan fingerprint density at radius 3 is 2.53 bits per heavy atom. The number of ether oxygens (including phenoxy) is 1. The maximum absolute atomic E-state index is 10.9. The van der Waals surface area contributed by atoms with Crippen LogP contribution >= 0.6 is 0 Å². The molecule has 0 unspecified atom stereocenters. The summed E-state index contributed by atoms with van der Waals surface area (Å²) in [7, 11) is 0. The maximum atomic E-state index is 10.9. The monoisotopic (exact) mass is 242 g/mol. The van der Waals surface area contributed by atoms with Crippen LogP contribution in [0.2, 0.25) is 0 Å². The number of hydrogen-bond donors (Lipinski definition) is 3. The van der Waals surface area contributed by atoms with Crippen molar-refractivity contribution in [3.05, 3.63) is 12.2 Å². The van der Waals surface area contributed by atoms with E-state index in [1.54, 1.807) is 19.1 Å². The molecule has 17 heavy (non-hydrogen) atoms. The first-order chi connectivity index (χ1) is 7.72. The van der Waals surface area contributed by atoms with E-state index in [-0.39, 0.29) is 0 Å². The van der Waals surface area contributed by atoms with Crippen molar-refractivity contribution >= 4 is 0 Å². The third-order valence-electron chi connectivity index (χ3n) is 4.36. The lowest BCUT2D eigenvalue weighted by Crippen LogP contribution is -2.61. The summed E-state index contributed by atoms with van der Waals surface area (Å²) in [6.07, 6.45) is 3.14. The Morgan fingerprint density at radius 1 is 1.35 bits per heavy atom. The van der Waals surface area contributed by atoms with Crippen molar-refractivity contribution in [2.24, 2.45) is 5.41 Å². The van der Waals surface area contributed by atoms with Crippen LogP contribution in [0.25, 0.3) is 0 Å². The van der Waals surface area contributed by atoms with E-state index in [4.69, 9.17) is 4.74 Å². The quantitative estimate of drug-likeness (QED) is 0.620. The van der Waals surface area contributed by atoms with Crippen molar-refractivity contribution in [2.45, 2.75) is 57.0 Å². The number of rotatable bonds is 2. The fraction of sp³-hybridized carbons (Fsp3) is 0.846. The second-order valence-electron chi connectivity index (χ2n) is 6.01. The Labute approximate surface area is 102 Å². The number of aliphatic hydroxyl groups is 3. The second kappa shape index (κ2) is 3.79. The van der Waals surface area contributed by atoms with E-state index in [0.717, 1.165) is 0 Å². The summed E-state index contributed by atoms with van der Waals surface area (Å²) in [6.45, 7) is 5.83. The molecule has 2 aliphatic rings. The topological polar surface area (TPSA) is 69.9 Å². The van der Waals surface area contributed by atoms with Crippen LogP contribution < -0.4 is 0 Å². The van der Waals surface area contributed by atoms with E-state index in [1.165, 1.54) is 0 Å². The molecule has 2 bridgehead atoms. The zero-order valence-corrected chi connectivity index (χ0v) is 10.7. The summed E-state index contributed by atoms with van der Waals surface area (Å²) in [5.41, 5.74) is -2.40. The zero-order valence-electron chi connectivity index (χ0n) is 10.7. The van der Waals surface area contributed by atoms with Gasteiger partial charge in [-0.05, 0) is 20.3 Å². The zero-order chi connectivity index (χ0) is 12.9. The molecule has 2 fully saturated rings. The third kappa shape index (κ3) is 1.74. The van der Waals surface area contributed by atoms with Crippen molar-refractivity contribution < 1.29 is 20.1 Å². The molecule has 0 spiro atoms. The smallest absolute Gasteiger partial charge is 0.119 e. The summed E-state index contributed by atoms with van der Waals surface area (Å²) in [4.78, 5) is 0. The van der Waals surface area contributed by atoms with E-state index >= 15 is 0 Å². The van der Waals surface area contributed by atoms with Gasteiger partial charge in [-0.1, -0.05) is 19.1 Å². The largest absolute Gasteiger partial charge is 0.393 e. The molecule has 1 saturated heterocycles. The number of fused-ring (bicyclic) bond motifs is 2. The van der Waals surface area contributed by atoms with E-state index in [1.807, 2.05) is 13.8 Å². The molecule has 98 valence electrons. The van der Waals surface area contributed by atoms with Gasteiger partial charge in [-0.2, -0.15) is 0 Å². The minimum absolute atomic E-state index is 0.420. The predicted molar refractivity (Wildman–Crippen MR) is 63.5 cm³/mol. The Hall–Kier alpha value is -0.420. The fourth-order valence-corrected chi connectivity index (χ4v) is 3.30. The molecule has 4 heteroatoms. The third-order valence-corrected chi connectivity index (χ3v) is 4.36. The molecule has 0 radical (unpaired) electrons. The standard InChI is InChI=1S/C13H22O4/c1-9(14)4-5-13(16)11(2)6-10(15)7-12(13,3)17-8-11/h4-5,9-10,14-16H,6-8H2,1-3H3/b5-4+/t9-,10+,11+,12-,13+/m0/s1. The molecule has 0 aromatic heterocycles. The lowest BCUT2D eigenvalue weighted by Gasteiger charge is -2.49. The minimum atomic E-state index is -1.13.